The van der Waals surface area contributed by atoms with Crippen molar-refractivity contribution in [2.75, 3.05) is 26.8 Å². The molecule has 2 heterocycles. The number of methoxy groups -OCH3 is 1. The van der Waals surface area contributed by atoms with Crippen LogP contribution in [-0.4, -0.2) is 53.1 Å². The maximum Gasteiger partial charge on any atom is 0.226 e. The Balaban J connectivity index is 1.98. The van der Waals surface area contributed by atoms with Gasteiger partial charge in [-0.1, -0.05) is 12.1 Å². The van der Waals surface area contributed by atoms with Gasteiger partial charge in [-0.3, -0.25) is 4.90 Å². The molecular formula is C12H21N3O3. The average molecular weight is 255 g/mol. The van der Waals surface area contributed by atoms with Crippen LogP contribution in [0, 0.1) is 0 Å². The first-order chi connectivity index (χ1) is 8.74. The first kappa shape index (κ1) is 13.5. The highest BCUT2D eigenvalue weighted by Gasteiger charge is 2.30. The maximum absolute atomic E-state index is 9.79. The second kappa shape index (κ2) is 6.26. The van der Waals surface area contributed by atoms with Crippen LogP contribution in [0.2, 0.25) is 0 Å². The highest BCUT2D eigenvalue weighted by Crippen LogP contribution is 2.30. The Labute approximate surface area is 107 Å². The molecule has 1 N–H and O–H groups in total. The van der Waals surface area contributed by atoms with Gasteiger partial charge in [-0.25, -0.2) is 0 Å². The lowest BCUT2D eigenvalue weighted by Crippen LogP contribution is -2.34. The molecule has 1 aliphatic heterocycles. The Hall–Kier alpha value is -0.980. The first-order valence-corrected chi connectivity index (χ1v) is 6.48. The number of rotatable bonds is 6. The number of aliphatic hydroxyl groups is 1. The number of aliphatic hydroxyl groups excluding tert-OH is 1. The minimum absolute atomic E-state index is 0.167. The number of aryl methyl sites for hydroxylation is 1. The summed E-state index contributed by atoms with van der Waals surface area (Å²) in [5.74, 6) is 1.42. The van der Waals surface area contributed by atoms with Gasteiger partial charge in [0.1, 0.15) is 0 Å². The number of ether oxygens (including phenoxy) is 1. The maximum atomic E-state index is 9.79. The number of nitrogens with zero attached hydrogens (tertiary/aromatic N) is 3. The summed E-state index contributed by atoms with van der Waals surface area (Å²) in [6.45, 7) is 3.90. The van der Waals surface area contributed by atoms with Crippen molar-refractivity contribution in [3.8, 4) is 0 Å². The first-order valence-electron chi connectivity index (χ1n) is 6.48. The molecule has 2 rings (SSSR count). The Morgan fingerprint density at radius 3 is 3.11 bits per heavy atom. The fourth-order valence-electron chi connectivity index (χ4n) is 2.40. The normalized spacial score (nSPS) is 22.5. The summed E-state index contributed by atoms with van der Waals surface area (Å²) in [5, 5.41) is 13.8. The van der Waals surface area contributed by atoms with E-state index in [1.807, 2.05) is 6.92 Å². The van der Waals surface area contributed by atoms with Gasteiger partial charge in [0.05, 0.1) is 18.8 Å². The van der Waals surface area contributed by atoms with Gasteiger partial charge in [0, 0.05) is 20.1 Å². The van der Waals surface area contributed by atoms with E-state index in [1.54, 1.807) is 7.11 Å². The zero-order valence-corrected chi connectivity index (χ0v) is 11.0. The molecule has 6 nitrogen and oxygen atoms in total. The summed E-state index contributed by atoms with van der Waals surface area (Å²) in [4.78, 5) is 6.58. The van der Waals surface area contributed by atoms with E-state index in [0.29, 0.717) is 19.0 Å². The molecule has 0 saturated carbocycles. The molecule has 2 unspecified atom stereocenters. The van der Waals surface area contributed by atoms with Crippen LogP contribution in [0.25, 0.3) is 0 Å². The van der Waals surface area contributed by atoms with E-state index in [0.717, 1.165) is 31.6 Å². The third-order valence-electron chi connectivity index (χ3n) is 3.25. The van der Waals surface area contributed by atoms with Gasteiger partial charge in [-0.2, -0.15) is 4.98 Å². The van der Waals surface area contributed by atoms with Crippen LogP contribution in [0.3, 0.4) is 0 Å². The smallest absolute Gasteiger partial charge is 0.226 e. The van der Waals surface area contributed by atoms with Crippen LogP contribution >= 0.6 is 0 Å². The molecule has 1 aromatic rings. The number of β-amino-alcohol motifs (C(OH)–C–C–N with tert-alkyl or cyclic N) is 1. The Kier molecular flexibility index (Phi) is 4.68. The van der Waals surface area contributed by atoms with Crippen molar-refractivity contribution in [2.45, 2.75) is 38.3 Å². The van der Waals surface area contributed by atoms with E-state index in [1.165, 1.54) is 0 Å². The highest BCUT2D eigenvalue weighted by molar-refractivity contribution is 4.98. The van der Waals surface area contributed by atoms with E-state index in [-0.39, 0.29) is 6.04 Å². The Morgan fingerprint density at radius 1 is 1.61 bits per heavy atom. The molecule has 6 heteroatoms. The molecule has 1 aliphatic rings. The molecule has 2 atom stereocenters. The predicted octanol–water partition coefficient (Wildman–Crippen LogP) is 0.776. The van der Waals surface area contributed by atoms with Gasteiger partial charge in [0.25, 0.3) is 0 Å². The summed E-state index contributed by atoms with van der Waals surface area (Å²) >= 11 is 0. The summed E-state index contributed by atoms with van der Waals surface area (Å²) < 4.78 is 10.1. The molecule has 0 amide bonds. The number of likely N-dealkylation sites (tertiary alicyclic amines) is 1. The van der Waals surface area contributed by atoms with E-state index in [4.69, 9.17) is 9.26 Å². The lowest BCUT2D eigenvalue weighted by atomic mass is 10.2. The van der Waals surface area contributed by atoms with Crippen molar-refractivity contribution in [3.05, 3.63) is 11.7 Å². The topological polar surface area (TPSA) is 71.6 Å². The summed E-state index contributed by atoms with van der Waals surface area (Å²) in [7, 11) is 1.59. The molecule has 0 aliphatic carbocycles. The van der Waals surface area contributed by atoms with Crippen LogP contribution < -0.4 is 0 Å². The SMILES string of the molecule is CCc1nc(C2CCCN2CC(O)COC)no1. The van der Waals surface area contributed by atoms with Gasteiger partial charge in [-0.05, 0) is 19.4 Å². The molecule has 0 bridgehead atoms. The van der Waals surface area contributed by atoms with E-state index < -0.39 is 6.10 Å². The molecule has 1 aromatic heterocycles. The third kappa shape index (κ3) is 3.07. The van der Waals surface area contributed by atoms with E-state index in [9.17, 15) is 5.11 Å². The Bertz CT molecular complexity index is 369. The van der Waals surface area contributed by atoms with Crippen molar-refractivity contribution in [3.63, 3.8) is 0 Å². The van der Waals surface area contributed by atoms with Crippen molar-refractivity contribution in [2.24, 2.45) is 0 Å². The van der Waals surface area contributed by atoms with Crippen molar-refractivity contribution in [1.29, 1.82) is 0 Å². The van der Waals surface area contributed by atoms with E-state index in [2.05, 4.69) is 15.0 Å². The molecule has 0 spiro atoms. The lowest BCUT2D eigenvalue weighted by Gasteiger charge is -2.24. The van der Waals surface area contributed by atoms with Crippen LogP contribution in [0.5, 0.6) is 0 Å². The predicted molar refractivity (Wildman–Crippen MR) is 65.1 cm³/mol. The zero-order chi connectivity index (χ0) is 13.0. The molecule has 102 valence electrons. The quantitative estimate of drug-likeness (QED) is 0.809. The Morgan fingerprint density at radius 2 is 2.44 bits per heavy atom. The van der Waals surface area contributed by atoms with Crippen molar-refractivity contribution < 1.29 is 14.4 Å². The standard InChI is InChI=1S/C12H21N3O3/c1-3-11-13-12(14-18-11)10-5-4-6-15(10)7-9(16)8-17-2/h9-10,16H,3-8H2,1-2H3. The van der Waals surface area contributed by atoms with Crippen LogP contribution in [-0.2, 0) is 11.2 Å². The van der Waals surface area contributed by atoms with Gasteiger partial charge in [0.15, 0.2) is 5.82 Å². The zero-order valence-electron chi connectivity index (χ0n) is 11.0. The molecule has 18 heavy (non-hydrogen) atoms. The van der Waals surface area contributed by atoms with Gasteiger partial charge in [0.2, 0.25) is 5.89 Å². The monoisotopic (exact) mass is 255 g/mol. The lowest BCUT2D eigenvalue weighted by molar-refractivity contribution is 0.0336. The van der Waals surface area contributed by atoms with Crippen molar-refractivity contribution in [1.82, 2.24) is 15.0 Å². The summed E-state index contributed by atoms with van der Waals surface area (Å²) in [6.07, 6.45) is 2.41. The van der Waals surface area contributed by atoms with Gasteiger partial charge in [-0.15, -0.1) is 0 Å². The number of hydrogen-bond donors (Lipinski definition) is 1. The third-order valence-corrected chi connectivity index (χ3v) is 3.25. The molecule has 1 saturated heterocycles. The van der Waals surface area contributed by atoms with Crippen LogP contribution in [0.4, 0.5) is 0 Å². The largest absolute Gasteiger partial charge is 0.389 e. The number of hydrogen-bond acceptors (Lipinski definition) is 6. The second-order valence-corrected chi connectivity index (χ2v) is 4.66. The minimum Gasteiger partial charge on any atom is -0.389 e. The fraction of sp³-hybridized carbons (Fsp3) is 0.833. The second-order valence-electron chi connectivity index (χ2n) is 4.66. The summed E-state index contributed by atoms with van der Waals surface area (Å²) in [6, 6.07) is 0.167. The molecule has 0 radical (unpaired) electrons. The van der Waals surface area contributed by atoms with Crippen LogP contribution in [0.15, 0.2) is 4.52 Å². The highest BCUT2D eigenvalue weighted by atomic mass is 16.5. The molecule has 0 aromatic carbocycles. The summed E-state index contributed by atoms with van der Waals surface area (Å²) in [5.41, 5.74) is 0. The fourth-order valence-corrected chi connectivity index (χ4v) is 2.40. The van der Waals surface area contributed by atoms with E-state index >= 15 is 0 Å². The van der Waals surface area contributed by atoms with Crippen molar-refractivity contribution >= 4 is 0 Å². The average Bonchev–Trinajstić information content (AvgIpc) is 2.96. The van der Waals surface area contributed by atoms with Gasteiger partial charge < -0.3 is 14.4 Å². The van der Waals surface area contributed by atoms with Gasteiger partial charge >= 0.3 is 0 Å². The molecular weight excluding hydrogens is 234 g/mol. The van der Waals surface area contributed by atoms with Crippen LogP contribution in [0.1, 0.15) is 37.5 Å². The number of aromatic nitrogens is 2. The minimum atomic E-state index is -0.465. The molecule has 1 fully saturated rings.